The number of rotatable bonds is 6. The van der Waals surface area contributed by atoms with Crippen LogP contribution in [0.1, 0.15) is 16.2 Å². The van der Waals surface area contributed by atoms with Crippen molar-refractivity contribution in [1.82, 2.24) is 20.1 Å². The molecule has 0 aliphatic rings. The number of hydrogen-bond donors (Lipinski definition) is 1. The quantitative estimate of drug-likeness (QED) is 0.858. The Morgan fingerprint density at radius 2 is 2.39 bits per heavy atom. The van der Waals surface area contributed by atoms with Crippen LogP contribution in [0.4, 0.5) is 0 Å². The Labute approximate surface area is 110 Å². The third-order valence-corrected chi connectivity index (χ3v) is 3.58. The van der Waals surface area contributed by atoms with E-state index in [1.54, 1.807) is 22.3 Å². The van der Waals surface area contributed by atoms with Gasteiger partial charge in [0.15, 0.2) is 0 Å². The van der Waals surface area contributed by atoms with Gasteiger partial charge in [-0.3, -0.25) is 9.48 Å². The molecule has 2 aromatic heterocycles. The van der Waals surface area contributed by atoms with Gasteiger partial charge in [0.05, 0.1) is 6.54 Å². The van der Waals surface area contributed by atoms with Gasteiger partial charge in [-0.25, -0.2) is 4.98 Å². The Bertz CT molecular complexity index is 492. The Kier molecular flexibility index (Phi) is 4.46. The van der Waals surface area contributed by atoms with E-state index in [1.807, 2.05) is 0 Å². The molecule has 2 heterocycles. The molecule has 0 spiro atoms. The van der Waals surface area contributed by atoms with E-state index in [9.17, 15) is 4.79 Å². The van der Waals surface area contributed by atoms with E-state index in [1.165, 1.54) is 16.1 Å². The number of nitrogens with zero attached hydrogens (tertiary/aromatic N) is 3. The summed E-state index contributed by atoms with van der Waals surface area (Å²) in [5.41, 5.74) is 0. The third-order valence-electron chi connectivity index (χ3n) is 2.52. The minimum atomic E-state index is 0.0544. The molecule has 5 nitrogen and oxygen atoms in total. The summed E-state index contributed by atoms with van der Waals surface area (Å²) in [6.45, 7) is 3.35. The molecule has 18 heavy (non-hydrogen) atoms. The summed E-state index contributed by atoms with van der Waals surface area (Å²) in [5.74, 6) is 0.0544. The first-order valence-electron chi connectivity index (χ1n) is 5.88. The van der Waals surface area contributed by atoms with Crippen LogP contribution in [0.15, 0.2) is 24.8 Å². The lowest BCUT2D eigenvalue weighted by Gasteiger charge is -2.04. The van der Waals surface area contributed by atoms with Crippen LogP contribution in [0.3, 0.4) is 0 Å². The standard InChI is InChI=1S/C12H16N4OS/c1-10-2-3-11(18-10)4-6-14-12(17)5-7-16-9-13-8-15-16/h2-3,8-9H,4-7H2,1H3,(H,14,17). The Hall–Kier alpha value is -1.69. The zero-order valence-electron chi connectivity index (χ0n) is 10.3. The summed E-state index contributed by atoms with van der Waals surface area (Å²) in [5, 5.41) is 6.86. The molecule has 0 bridgehead atoms. The molecule has 1 amide bonds. The largest absolute Gasteiger partial charge is 0.356 e. The molecule has 2 rings (SSSR count). The molecule has 0 aliphatic heterocycles. The highest BCUT2D eigenvalue weighted by molar-refractivity contribution is 7.11. The topological polar surface area (TPSA) is 59.8 Å². The Morgan fingerprint density at radius 1 is 1.50 bits per heavy atom. The van der Waals surface area contributed by atoms with Crippen molar-refractivity contribution in [2.24, 2.45) is 0 Å². The second-order valence-electron chi connectivity index (χ2n) is 4.02. The summed E-state index contributed by atoms with van der Waals surface area (Å²) in [7, 11) is 0. The van der Waals surface area contributed by atoms with E-state index < -0.39 is 0 Å². The zero-order valence-corrected chi connectivity index (χ0v) is 11.1. The summed E-state index contributed by atoms with van der Waals surface area (Å²) >= 11 is 1.78. The summed E-state index contributed by atoms with van der Waals surface area (Å²) in [6, 6.07) is 4.22. The number of aromatic nitrogens is 3. The number of carbonyl (C=O) groups excluding carboxylic acids is 1. The maximum absolute atomic E-state index is 11.6. The number of nitrogens with one attached hydrogen (secondary N) is 1. The first-order chi connectivity index (χ1) is 8.74. The van der Waals surface area contributed by atoms with Crippen LogP contribution in [-0.4, -0.2) is 27.2 Å². The van der Waals surface area contributed by atoms with Gasteiger partial charge in [-0.15, -0.1) is 11.3 Å². The smallest absolute Gasteiger partial charge is 0.221 e. The van der Waals surface area contributed by atoms with Crippen molar-refractivity contribution in [3.05, 3.63) is 34.5 Å². The molecule has 6 heteroatoms. The predicted molar refractivity (Wildman–Crippen MR) is 70.4 cm³/mol. The van der Waals surface area contributed by atoms with E-state index in [4.69, 9.17) is 0 Å². The summed E-state index contributed by atoms with van der Waals surface area (Å²) < 4.78 is 1.65. The number of hydrogen-bond acceptors (Lipinski definition) is 4. The lowest BCUT2D eigenvalue weighted by Crippen LogP contribution is -2.26. The molecule has 0 saturated carbocycles. The van der Waals surface area contributed by atoms with Crippen molar-refractivity contribution in [1.29, 1.82) is 0 Å². The first-order valence-corrected chi connectivity index (χ1v) is 6.70. The lowest BCUT2D eigenvalue weighted by molar-refractivity contribution is -0.121. The average molecular weight is 264 g/mol. The molecule has 0 radical (unpaired) electrons. The highest BCUT2D eigenvalue weighted by atomic mass is 32.1. The van der Waals surface area contributed by atoms with E-state index in [2.05, 4.69) is 34.5 Å². The molecule has 96 valence electrons. The van der Waals surface area contributed by atoms with Gasteiger partial charge in [0.2, 0.25) is 5.91 Å². The molecule has 0 unspecified atom stereocenters. The maximum atomic E-state index is 11.6. The van der Waals surface area contributed by atoms with Gasteiger partial charge in [0.25, 0.3) is 0 Å². The molecule has 1 N–H and O–H groups in total. The van der Waals surface area contributed by atoms with Crippen LogP contribution in [0.5, 0.6) is 0 Å². The second-order valence-corrected chi connectivity index (χ2v) is 5.39. The van der Waals surface area contributed by atoms with E-state index in [0.717, 1.165) is 6.42 Å². The Balaban J connectivity index is 1.63. The number of carbonyl (C=O) groups is 1. The number of thiophene rings is 1. The monoisotopic (exact) mass is 264 g/mol. The predicted octanol–water partition coefficient (Wildman–Crippen LogP) is 1.40. The maximum Gasteiger partial charge on any atom is 0.221 e. The highest BCUT2D eigenvalue weighted by Crippen LogP contribution is 2.14. The summed E-state index contributed by atoms with van der Waals surface area (Å²) in [6.07, 6.45) is 4.42. The van der Waals surface area contributed by atoms with Crippen molar-refractivity contribution < 1.29 is 4.79 Å². The van der Waals surface area contributed by atoms with Gasteiger partial charge < -0.3 is 5.32 Å². The fraction of sp³-hybridized carbons (Fsp3) is 0.417. The third kappa shape index (κ3) is 3.96. The van der Waals surface area contributed by atoms with Crippen molar-refractivity contribution in [2.75, 3.05) is 6.54 Å². The molecular formula is C12H16N4OS. The normalized spacial score (nSPS) is 10.5. The Morgan fingerprint density at radius 3 is 3.06 bits per heavy atom. The van der Waals surface area contributed by atoms with Gasteiger partial charge in [0, 0.05) is 22.7 Å². The van der Waals surface area contributed by atoms with Gasteiger partial charge in [0.1, 0.15) is 12.7 Å². The van der Waals surface area contributed by atoms with Crippen molar-refractivity contribution in [3.8, 4) is 0 Å². The average Bonchev–Trinajstić information content (AvgIpc) is 2.98. The zero-order chi connectivity index (χ0) is 12.8. The number of amides is 1. The van der Waals surface area contributed by atoms with Gasteiger partial charge in [-0.2, -0.15) is 5.10 Å². The minimum absolute atomic E-state index is 0.0544. The van der Waals surface area contributed by atoms with Crippen LogP contribution < -0.4 is 5.32 Å². The van der Waals surface area contributed by atoms with E-state index >= 15 is 0 Å². The van der Waals surface area contributed by atoms with Crippen LogP contribution >= 0.6 is 11.3 Å². The molecule has 0 fully saturated rings. The molecule has 0 aromatic carbocycles. The van der Waals surface area contributed by atoms with Gasteiger partial charge in [-0.1, -0.05) is 0 Å². The van der Waals surface area contributed by atoms with E-state index in [0.29, 0.717) is 19.5 Å². The lowest BCUT2D eigenvalue weighted by atomic mass is 10.3. The van der Waals surface area contributed by atoms with Gasteiger partial charge in [-0.05, 0) is 25.5 Å². The molecule has 0 atom stereocenters. The molecule has 0 saturated heterocycles. The molecule has 2 aromatic rings. The van der Waals surface area contributed by atoms with Crippen molar-refractivity contribution in [2.45, 2.75) is 26.3 Å². The molecular weight excluding hydrogens is 248 g/mol. The van der Waals surface area contributed by atoms with Crippen LogP contribution in [0.25, 0.3) is 0 Å². The first kappa shape index (κ1) is 12.8. The highest BCUT2D eigenvalue weighted by Gasteiger charge is 2.02. The van der Waals surface area contributed by atoms with Crippen LogP contribution in [0, 0.1) is 6.92 Å². The summed E-state index contributed by atoms with van der Waals surface area (Å²) in [4.78, 5) is 18.0. The van der Waals surface area contributed by atoms with Crippen LogP contribution in [0.2, 0.25) is 0 Å². The van der Waals surface area contributed by atoms with E-state index in [-0.39, 0.29) is 5.91 Å². The van der Waals surface area contributed by atoms with Crippen molar-refractivity contribution >= 4 is 17.2 Å². The molecule has 0 aliphatic carbocycles. The van der Waals surface area contributed by atoms with Crippen LogP contribution in [-0.2, 0) is 17.8 Å². The minimum Gasteiger partial charge on any atom is -0.356 e. The SMILES string of the molecule is Cc1ccc(CCNC(=O)CCn2cncn2)s1. The second kappa shape index (κ2) is 6.30. The van der Waals surface area contributed by atoms with Gasteiger partial charge >= 0.3 is 0 Å². The number of aryl methyl sites for hydroxylation is 2. The fourth-order valence-electron chi connectivity index (χ4n) is 1.60. The van der Waals surface area contributed by atoms with Crippen molar-refractivity contribution in [3.63, 3.8) is 0 Å². The fourth-order valence-corrected chi connectivity index (χ4v) is 2.49.